The molecule has 0 aliphatic rings. The number of hydrogen-bond donors (Lipinski definition) is 1. The smallest absolute Gasteiger partial charge is 0.311 e. The lowest BCUT2D eigenvalue weighted by Crippen LogP contribution is -1.91. The van der Waals surface area contributed by atoms with Crippen molar-refractivity contribution in [3.63, 3.8) is 0 Å². The summed E-state index contributed by atoms with van der Waals surface area (Å²) in [6.07, 6.45) is 1.49. The molecule has 0 atom stereocenters. The average molecular weight is 409 g/mol. The summed E-state index contributed by atoms with van der Waals surface area (Å²) in [7, 11) is 3.09. The Balaban J connectivity index is 1.96. The number of phenols is 1. The number of methoxy groups -OCH3 is 2. The summed E-state index contributed by atoms with van der Waals surface area (Å²) in [4.78, 5) is 14.8. The highest BCUT2D eigenvalue weighted by Gasteiger charge is 2.15. The number of nitriles is 1. The molecule has 0 bridgehead atoms. The van der Waals surface area contributed by atoms with Crippen LogP contribution in [0.5, 0.6) is 17.2 Å². The fourth-order valence-corrected chi connectivity index (χ4v) is 3.41. The Morgan fingerprint density at radius 3 is 2.66 bits per heavy atom. The van der Waals surface area contributed by atoms with Gasteiger partial charge in [-0.3, -0.25) is 10.1 Å². The third kappa shape index (κ3) is 4.17. The number of hydrogen-bond acceptors (Lipinski definition) is 8. The predicted molar refractivity (Wildman–Crippen MR) is 109 cm³/mol. The van der Waals surface area contributed by atoms with Gasteiger partial charge in [-0.1, -0.05) is 6.07 Å². The normalized spacial score (nSPS) is 11.0. The molecule has 0 unspecified atom stereocenters. The fraction of sp³-hybridized carbons (Fsp3) is 0.100. The molecule has 0 saturated carbocycles. The second kappa shape index (κ2) is 8.41. The van der Waals surface area contributed by atoms with Crippen molar-refractivity contribution < 1.29 is 19.5 Å². The minimum atomic E-state index is -0.683. The molecule has 0 saturated heterocycles. The van der Waals surface area contributed by atoms with E-state index in [-0.39, 0.29) is 5.57 Å². The first-order chi connectivity index (χ1) is 14.0. The van der Waals surface area contributed by atoms with Gasteiger partial charge in [0.15, 0.2) is 17.2 Å². The van der Waals surface area contributed by atoms with Gasteiger partial charge < -0.3 is 14.6 Å². The maximum absolute atomic E-state index is 11.0. The summed E-state index contributed by atoms with van der Waals surface area (Å²) >= 11 is 1.28. The third-order valence-corrected chi connectivity index (χ3v) is 4.92. The van der Waals surface area contributed by atoms with Crippen molar-refractivity contribution in [2.75, 3.05) is 14.2 Å². The Morgan fingerprint density at radius 2 is 2.00 bits per heavy atom. The Kier molecular flexibility index (Phi) is 5.76. The van der Waals surface area contributed by atoms with E-state index in [1.807, 2.05) is 6.07 Å². The van der Waals surface area contributed by atoms with Crippen LogP contribution in [0.25, 0.3) is 22.9 Å². The summed E-state index contributed by atoms with van der Waals surface area (Å²) in [6, 6.07) is 11.4. The highest BCUT2D eigenvalue weighted by molar-refractivity contribution is 7.11. The van der Waals surface area contributed by atoms with Crippen LogP contribution in [0.15, 0.2) is 41.8 Å². The molecule has 29 heavy (non-hydrogen) atoms. The topological polar surface area (TPSA) is 119 Å². The molecule has 0 amide bonds. The Morgan fingerprint density at radius 1 is 1.24 bits per heavy atom. The standard InChI is InChI=1S/C20H15N3O5S/c1-27-18-6-4-13(9-19(18)28-2)15-11-29-20(22-15)14(10-21)7-12-3-5-17(24)16(8-12)23(25)26/h3-9,11,24H,1-2H3/b14-7-. The number of aromatic nitrogens is 1. The van der Waals surface area contributed by atoms with E-state index >= 15 is 0 Å². The van der Waals surface area contributed by atoms with Crippen molar-refractivity contribution in [3.05, 3.63) is 62.5 Å². The van der Waals surface area contributed by atoms with Crippen LogP contribution in [0.3, 0.4) is 0 Å². The van der Waals surface area contributed by atoms with E-state index < -0.39 is 16.4 Å². The van der Waals surface area contributed by atoms with Gasteiger partial charge in [0.2, 0.25) is 0 Å². The molecule has 2 aromatic carbocycles. The summed E-state index contributed by atoms with van der Waals surface area (Å²) < 4.78 is 10.5. The number of nitro groups is 1. The zero-order valence-corrected chi connectivity index (χ0v) is 16.3. The van der Waals surface area contributed by atoms with Gasteiger partial charge in [0.1, 0.15) is 11.1 Å². The zero-order valence-electron chi connectivity index (χ0n) is 15.4. The van der Waals surface area contributed by atoms with Crippen molar-refractivity contribution in [2.45, 2.75) is 0 Å². The lowest BCUT2D eigenvalue weighted by atomic mass is 10.1. The van der Waals surface area contributed by atoms with E-state index in [9.17, 15) is 20.5 Å². The lowest BCUT2D eigenvalue weighted by molar-refractivity contribution is -0.385. The van der Waals surface area contributed by atoms with Gasteiger partial charge in [0.05, 0.1) is 30.4 Å². The summed E-state index contributed by atoms with van der Waals surface area (Å²) in [5.74, 6) is 0.723. The number of aromatic hydroxyl groups is 1. The average Bonchev–Trinajstić information content (AvgIpc) is 3.22. The molecular weight excluding hydrogens is 394 g/mol. The minimum Gasteiger partial charge on any atom is -0.502 e. The van der Waals surface area contributed by atoms with E-state index in [1.165, 1.54) is 35.6 Å². The van der Waals surface area contributed by atoms with E-state index in [0.717, 1.165) is 5.56 Å². The van der Waals surface area contributed by atoms with Gasteiger partial charge in [0.25, 0.3) is 0 Å². The van der Waals surface area contributed by atoms with Crippen LogP contribution in [-0.2, 0) is 0 Å². The highest BCUT2D eigenvalue weighted by atomic mass is 32.1. The third-order valence-electron chi connectivity index (χ3n) is 4.04. The number of nitro benzene ring substituents is 1. The van der Waals surface area contributed by atoms with E-state index in [2.05, 4.69) is 11.1 Å². The molecule has 1 aromatic heterocycles. The second-order valence-electron chi connectivity index (χ2n) is 5.78. The largest absolute Gasteiger partial charge is 0.502 e. The molecule has 0 radical (unpaired) electrons. The molecule has 0 spiro atoms. The van der Waals surface area contributed by atoms with Crippen LogP contribution in [0.4, 0.5) is 5.69 Å². The summed E-state index contributed by atoms with van der Waals surface area (Å²) in [5.41, 5.74) is 1.68. The van der Waals surface area contributed by atoms with Crippen LogP contribution in [0.1, 0.15) is 10.6 Å². The fourth-order valence-electron chi connectivity index (χ4n) is 2.61. The maximum Gasteiger partial charge on any atom is 0.311 e. The Bertz CT molecular complexity index is 1150. The van der Waals surface area contributed by atoms with E-state index in [4.69, 9.17) is 9.47 Å². The molecule has 146 valence electrons. The first-order valence-corrected chi connectivity index (χ1v) is 9.12. The molecule has 1 heterocycles. The predicted octanol–water partition coefficient (Wildman–Crippen LogP) is 4.51. The van der Waals surface area contributed by atoms with Gasteiger partial charge in [-0.25, -0.2) is 4.98 Å². The van der Waals surface area contributed by atoms with Crippen molar-refractivity contribution in [1.29, 1.82) is 5.26 Å². The molecule has 0 aliphatic carbocycles. The number of nitrogens with zero attached hydrogens (tertiary/aromatic N) is 3. The molecule has 9 heteroatoms. The SMILES string of the molecule is COc1ccc(-c2csc(/C(C#N)=C\c3ccc(O)c([N+](=O)[O-])c3)n2)cc1OC. The number of phenolic OH excluding ortho intramolecular Hbond substituents is 1. The molecule has 0 fully saturated rings. The quantitative estimate of drug-likeness (QED) is 0.361. The zero-order chi connectivity index (χ0) is 21.0. The molecule has 3 rings (SSSR count). The number of rotatable bonds is 6. The summed E-state index contributed by atoms with van der Waals surface area (Å²) in [5, 5.41) is 32.4. The van der Waals surface area contributed by atoms with Crippen LogP contribution in [0, 0.1) is 21.4 Å². The first-order valence-electron chi connectivity index (χ1n) is 8.24. The van der Waals surface area contributed by atoms with E-state index in [0.29, 0.717) is 27.8 Å². The number of thiazole rings is 1. The Labute approximate surface area is 170 Å². The minimum absolute atomic E-state index is 0.252. The van der Waals surface area contributed by atoms with Crippen molar-refractivity contribution in [3.8, 4) is 34.6 Å². The molecule has 3 aromatic rings. The molecule has 8 nitrogen and oxygen atoms in total. The van der Waals surface area contributed by atoms with Crippen LogP contribution in [-0.4, -0.2) is 29.2 Å². The van der Waals surface area contributed by atoms with Crippen molar-refractivity contribution >= 4 is 28.7 Å². The maximum atomic E-state index is 11.0. The molecular formula is C20H15N3O5S. The number of ether oxygens (including phenoxy) is 2. The summed E-state index contributed by atoms with van der Waals surface area (Å²) in [6.45, 7) is 0. The van der Waals surface area contributed by atoms with Crippen molar-refractivity contribution in [1.82, 2.24) is 4.98 Å². The van der Waals surface area contributed by atoms with Gasteiger partial charge in [0, 0.05) is 17.0 Å². The van der Waals surface area contributed by atoms with Gasteiger partial charge in [-0.2, -0.15) is 5.26 Å². The molecule has 0 aliphatic heterocycles. The van der Waals surface area contributed by atoms with Gasteiger partial charge >= 0.3 is 5.69 Å². The van der Waals surface area contributed by atoms with Gasteiger partial charge in [-0.05, 0) is 35.9 Å². The van der Waals surface area contributed by atoms with Crippen molar-refractivity contribution in [2.24, 2.45) is 0 Å². The monoisotopic (exact) mass is 409 g/mol. The first kappa shape index (κ1) is 19.9. The van der Waals surface area contributed by atoms with Crippen LogP contribution < -0.4 is 9.47 Å². The van der Waals surface area contributed by atoms with E-state index in [1.54, 1.807) is 31.7 Å². The second-order valence-corrected chi connectivity index (χ2v) is 6.64. The number of benzene rings is 2. The van der Waals surface area contributed by atoms with Crippen LogP contribution >= 0.6 is 11.3 Å². The Hall–Kier alpha value is -3.90. The van der Waals surface area contributed by atoms with Gasteiger partial charge in [-0.15, -0.1) is 11.3 Å². The molecule has 1 N–H and O–H groups in total. The lowest BCUT2D eigenvalue weighted by Gasteiger charge is -2.08. The highest BCUT2D eigenvalue weighted by Crippen LogP contribution is 2.34. The number of allylic oxidation sites excluding steroid dienone is 1. The van der Waals surface area contributed by atoms with Crippen LogP contribution in [0.2, 0.25) is 0 Å².